The number of benzene rings is 1. The fraction of sp³-hybridized carbons (Fsp3) is 0.467. The Kier molecular flexibility index (Phi) is 6.19. The molecule has 1 atom stereocenters. The molecule has 0 aliphatic carbocycles. The van der Waals surface area contributed by atoms with Gasteiger partial charge in [0, 0.05) is 6.54 Å². The quantitative estimate of drug-likeness (QED) is 0.861. The van der Waals surface area contributed by atoms with Crippen molar-refractivity contribution in [1.29, 1.82) is 0 Å². The van der Waals surface area contributed by atoms with Crippen LogP contribution >= 0.6 is 12.4 Å². The largest absolute Gasteiger partial charge is 0.481 e. The van der Waals surface area contributed by atoms with Gasteiger partial charge in [-0.05, 0) is 54.1 Å². The highest BCUT2D eigenvalue weighted by Crippen LogP contribution is 2.29. The van der Waals surface area contributed by atoms with Gasteiger partial charge in [0.05, 0.1) is 23.7 Å². The molecule has 2 heterocycles. The van der Waals surface area contributed by atoms with Gasteiger partial charge in [-0.25, -0.2) is 0 Å². The van der Waals surface area contributed by atoms with E-state index in [1.54, 1.807) is 0 Å². The Morgan fingerprint density at radius 2 is 1.96 bits per heavy atom. The van der Waals surface area contributed by atoms with Crippen molar-refractivity contribution in [2.45, 2.75) is 25.6 Å². The molecule has 0 bridgehead atoms. The van der Waals surface area contributed by atoms with Gasteiger partial charge in [0.2, 0.25) is 0 Å². The first-order chi connectivity index (χ1) is 11.8. The molecule has 3 rings (SSSR count). The van der Waals surface area contributed by atoms with E-state index >= 15 is 0 Å². The van der Waals surface area contributed by atoms with Crippen molar-refractivity contribution in [2.75, 3.05) is 13.1 Å². The van der Waals surface area contributed by atoms with E-state index in [2.05, 4.69) is 15.5 Å². The van der Waals surface area contributed by atoms with Crippen molar-refractivity contribution in [3.05, 3.63) is 35.7 Å². The van der Waals surface area contributed by atoms with Crippen molar-refractivity contribution in [2.24, 2.45) is 5.92 Å². The van der Waals surface area contributed by atoms with Crippen molar-refractivity contribution in [3.63, 3.8) is 0 Å². The van der Waals surface area contributed by atoms with Crippen LogP contribution in [0, 0.1) is 5.92 Å². The molecule has 0 spiro atoms. The first-order valence-corrected chi connectivity index (χ1v) is 7.74. The molecule has 0 radical (unpaired) electrons. The van der Waals surface area contributed by atoms with E-state index in [0.29, 0.717) is 31.0 Å². The molecule has 1 aliphatic heterocycles. The lowest BCUT2D eigenvalue weighted by atomic mass is 9.98. The minimum atomic E-state index is -4.40. The highest BCUT2D eigenvalue weighted by atomic mass is 35.5. The van der Waals surface area contributed by atoms with Crippen LogP contribution in [0.15, 0.2) is 24.3 Å². The smallest absolute Gasteiger partial charge is 0.416 e. The Hall–Kier alpha value is -2.20. The summed E-state index contributed by atoms with van der Waals surface area (Å²) in [6.07, 6.45) is -3.00. The van der Waals surface area contributed by atoms with Gasteiger partial charge in [0.1, 0.15) is 0 Å². The number of nitrogens with zero attached hydrogens (tertiary/aromatic N) is 5. The molecule has 0 saturated carbocycles. The normalized spacial score (nSPS) is 18.3. The van der Waals surface area contributed by atoms with Crippen LogP contribution in [0.25, 0.3) is 5.69 Å². The van der Waals surface area contributed by atoms with E-state index in [9.17, 15) is 18.0 Å². The van der Waals surface area contributed by atoms with Crippen LogP contribution in [0.3, 0.4) is 0 Å². The molecule has 1 aromatic carbocycles. The standard InChI is InChI=1S/C15H16F3N5O2.ClH/c16-15(17,18)11-3-5-12(6-4-11)23-13(19-20-21-23)9-22-7-1-2-10(8-22)14(24)25;/h3-6,10H,1-2,7-9H2,(H,24,25);1H. The summed E-state index contributed by atoms with van der Waals surface area (Å²) in [5, 5.41) is 20.5. The van der Waals surface area contributed by atoms with Gasteiger partial charge in [0.25, 0.3) is 0 Å². The number of hydrogen-bond donors (Lipinski definition) is 1. The minimum Gasteiger partial charge on any atom is -0.481 e. The number of rotatable bonds is 4. The van der Waals surface area contributed by atoms with E-state index < -0.39 is 23.6 Å². The molecule has 1 unspecified atom stereocenters. The maximum Gasteiger partial charge on any atom is 0.416 e. The number of likely N-dealkylation sites (tertiary alicyclic amines) is 1. The summed E-state index contributed by atoms with van der Waals surface area (Å²) >= 11 is 0. The fourth-order valence-electron chi connectivity index (χ4n) is 2.90. The maximum absolute atomic E-state index is 12.7. The van der Waals surface area contributed by atoms with E-state index in [1.807, 2.05) is 4.90 Å². The summed E-state index contributed by atoms with van der Waals surface area (Å²) in [6.45, 7) is 1.46. The average molecular weight is 392 g/mol. The second-order valence-electron chi connectivity index (χ2n) is 5.96. The first-order valence-electron chi connectivity index (χ1n) is 7.74. The number of hydrogen-bond acceptors (Lipinski definition) is 5. The maximum atomic E-state index is 12.7. The van der Waals surface area contributed by atoms with Crippen molar-refractivity contribution in [3.8, 4) is 5.69 Å². The second kappa shape index (κ2) is 8.00. The molecular formula is C15H17ClF3N5O2. The summed E-state index contributed by atoms with van der Waals surface area (Å²) in [7, 11) is 0. The number of aliphatic carboxylic acids is 1. The number of aromatic nitrogens is 4. The third kappa shape index (κ3) is 4.50. The van der Waals surface area contributed by atoms with Gasteiger partial charge < -0.3 is 5.11 Å². The van der Waals surface area contributed by atoms with Gasteiger partial charge in [-0.2, -0.15) is 17.9 Å². The lowest BCUT2D eigenvalue weighted by Gasteiger charge is -2.29. The summed E-state index contributed by atoms with van der Waals surface area (Å²) in [6, 6.07) is 4.56. The van der Waals surface area contributed by atoms with Gasteiger partial charge in [-0.3, -0.25) is 9.69 Å². The van der Waals surface area contributed by atoms with Crippen LogP contribution in [-0.2, 0) is 17.5 Å². The number of carboxylic acids is 1. The Labute approximate surface area is 153 Å². The lowest BCUT2D eigenvalue weighted by Crippen LogP contribution is -2.38. The zero-order chi connectivity index (χ0) is 18.0. The van der Waals surface area contributed by atoms with Crippen LogP contribution in [0.1, 0.15) is 24.2 Å². The number of carbonyl (C=O) groups is 1. The Bertz CT molecular complexity index is 750. The van der Waals surface area contributed by atoms with Crippen LogP contribution in [0.5, 0.6) is 0 Å². The van der Waals surface area contributed by atoms with Crippen molar-refractivity contribution >= 4 is 18.4 Å². The third-order valence-corrected chi connectivity index (χ3v) is 4.19. The Morgan fingerprint density at radius 1 is 1.27 bits per heavy atom. The summed E-state index contributed by atoms with van der Waals surface area (Å²) in [4.78, 5) is 13.1. The molecule has 26 heavy (non-hydrogen) atoms. The number of tetrazole rings is 1. The number of carboxylic acid groups (broad SMARTS) is 1. The van der Waals surface area contributed by atoms with Gasteiger partial charge in [-0.15, -0.1) is 17.5 Å². The molecule has 7 nitrogen and oxygen atoms in total. The van der Waals surface area contributed by atoms with E-state index in [4.69, 9.17) is 5.11 Å². The van der Waals surface area contributed by atoms with Gasteiger partial charge in [0.15, 0.2) is 5.82 Å². The predicted octanol–water partition coefficient (Wildman–Crippen LogP) is 2.40. The number of piperidine rings is 1. The Morgan fingerprint density at radius 3 is 2.58 bits per heavy atom. The van der Waals surface area contributed by atoms with Gasteiger partial charge >= 0.3 is 12.1 Å². The zero-order valence-electron chi connectivity index (χ0n) is 13.6. The molecule has 0 amide bonds. The molecule has 142 valence electrons. The molecule has 11 heteroatoms. The van der Waals surface area contributed by atoms with Crippen LogP contribution < -0.4 is 0 Å². The van der Waals surface area contributed by atoms with Crippen LogP contribution in [0.2, 0.25) is 0 Å². The van der Waals surface area contributed by atoms with E-state index in [0.717, 1.165) is 25.1 Å². The van der Waals surface area contributed by atoms with Crippen LogP contribution in [-0.4, -0.2) is 49.3 Å². The summed E-state index contributed by atoms with van der Waals surface area (Å²) in [5.41, 5.74) is -0.328. The topological polar surface area (TPSA) is 84.1 Å². The van der Waals surface area contributed by atoms with Gasteiger partial charge in [-0.1, -0.05) is 0 Å². The van der Waals surface area contributed by atoms with Crippen molar-refractivity contribution < 1.29 is 23.1 Å². The predicted molar refractivity (Wildman–Crippen MR) is 87.0 cm³/mol. The SMILES string of the molecule is Cl.O=C(O)C1CCCN(Cc2nnnn2-c2ccc(C(F)(F)F)cc2)C1. The van der Waals surface area contributed by atoms with Crippen molar-refractivity contribution in [1.82, 2.24) is 25.1 Å². The second-order valence-corrected chi connectivity index (χ2v) is 5.96. The highest BCUT2D eigenvalue weighted by Gasteiger charge is 2.30. The minimum absolute atomic E-state index is 0. The molecule has 1 aromatic heterocycles. The summed E-state index contributed by atoms with van der Waals surface area (Å²) < 4.78 is 39.3. The third-order valence-electron chi connectivity index (χ3n) is 4.19. The zero-order valence-corrected chi connectivity index (χ0v) is 14.4. The number of alkyl halides is 3. The number of halogens is 4. The van der Waals surface area contributed by atoms with Crippen LogP contribution in [0.4, 0.5) is 13.2 Å². The Balaban J connectivity index is 0.00000243. The average Bonchev–Trinajstić information content (AvgIpc) is 3.02. The fourth-order valence-corrected chi connectivity index (χ4v) is 2.90. The molecule has 2 aromatic rings. The molecule has 1 fully saturated rings. The van der Waals surface area contributed by atoms with E-state index in [-0.39, 0.29) is 12.4 Å². The monoisotopic (exact) mass is 391 g/mol. The van der Waals surface area contributed by atoms with E-state index in [1.165, 1.54) is 16.8 Å². The summed E-state index contributed by atoms with van der Waals surface area (Å²) in [5.74, 6) is -0.804. The lowest BCUT2D eigenvalue weighted by molar-refractivity contribution is -0.143. The molecule has 1 saturated heterocycles. The molecular weight excluding hydrogens is 375 g/mol. The highest BCUT2D eigenvalue weighted by molar-refractivity contribution is 5.85. The molecule has 1 aliphatic rings. The molecule has 1 N–H and O–H groups in total. The first kappa shape index (κ1) is 20.1.